The fourth-order valence-corrected chi connectivity index (χ4v) is 1.98. The molecule has 0 radical (unpaired) electrons. The Kier molecular flexibility index (Phi) is 4.57. The van der Waals surface area contributed by atoms with E-state index in [1.165, 1.54) is 4.90 Å². The molecule has 6 heteroatoms. The summed E-state index contributed by atoms with van der Waals surface area (Å²) in [5, 5.41) is 10.3. The summed E-state index contributed by atoms with van der Waals surface area (Å²) in [5.41, 5.74) is 0.983. The molecule has 2 rings (SSSR count). The van der Waals surface area contributed by atoms with Gasteiger partial charge in [-0.15, -0.1) is 22.0 Å². The zero-order valence-electron chi connectivity index (χ0n) is 10.8. The Bertz CT molecular complexity index is 551. The van der Waals surface area contributed by atoms with Crippen molar-refractivity contribution in [1.82, 2.24) is 15.5 Å². The monoisotopic (exact) mass is 277 g/mol. The number of nitrogens with zero attached hydrogens (tertiary/aromatic N) is 2. The molecular weight excluding hydrogens is 262 g/mol. The molecule has 0 saturated carbocycles. The molecule has 1 aromatic carbocycles. The lowest BCUT2D eigenvalue weighted by atomic mass is 10.1. The van der Waals surface area contributed by atoms with Crippen LogP contribution in [0, 0.1) is 6.92 Å². The molecule has 0 saturated heterocycles. The van der Waals surface area contributed by atoms with Crippen LogP contribution in [0.2, 0.25) is 0 Å². The molecule has 5 nitrogen and oxygen atoms in total. The Morgan fingerprint density at radius 3 is 2.63 bits per heavy atom. The summed E-state index contributed by atoms with van der Waals surface area (Å²) >= 11 is 1.68. The molecule has 1 N–H and O–H groups in total. The second-order valence-corrected chi connectivity index (χ2v) is 4.90. The molecule has 2 aromatic rings. The Hall–Kier alpha value is -1.82. The maximum absolute atomic E-state index is 11.7. The first kappa shape index (κ1) is 13.6. The fraction of sp³-hybridized carbons (Fsp3) is 0.308. The van der Waals surface area contributed by atoms with Crippen LogP contribution in [0.3, 0.4) is 0 Å². The van der Waals surface area contributed by atoms with Crippen molar-refractivity contribution in [3.8, 4) is 0 Å². The highest BCUT2D eigenvalue weighted by Gasteiger charge is 2.06. The highest BCUT2D eigenvalue weighted by molar-refractivity contribution is 7.98. The van der Waals surface area contributed by atoms with Gasteiger partial charge in [-0.2, -0.15) is 0 Å². The van der Waals surface area contributed by atoms with E-state index >= 15 is 0 Å². The summed E-state index contributed by atoms with van der Waals surface area (Å²) in [6.45, 7) is 1.98. The van der Waals surface area contributed by atoms with Gasteiger partial charge in [-0.05, 0) is 24.0 Å². The van der Waals surface area contributed by atoms with Gasteiger partial charge < -0.3 is 9.73 Å². The summed E-state index contributed by atoms with van der Waals surface area (Å²) in [7, 11) is 0. The van der Waals surface area contributed by atoms with Crippen LogP contribution in [0.5, 0.6) is 0 Å². The van der Waals surface area contributed by atoms with Gasteiger partial charge in [0.25, 0.3) is 0 Å². The predicted molar refractivity (Wildman–Crippen MR) is 72.8 cm³/mol. The minimum absolute atomic E-state index is 0.0623. The third-order valence-corrected chi connectivity index (χ3v) is 3.27. The lowest BCUT2D eigenvalue weighted by molar-refractivity contribution is -0.120. The fourth-order valence-electron chi connectivity index (χ4n) is 1.57. The first-order chi connectivity index (χ1) is 9.17. The van der Waals surface area contributed by atoms with E-state index in [0.29, 0.717) is 18.2 Å². The van der Waals surface area contributed by atoms with Gasteiger partial charge in [0.1, 0.15) is 0 Å². The summed E-state index contributed by atoms with van der Waals surface area (Å²) in [6.07, 6.45) is 2.37. The molecule has 0 unspecified atom stereocenters. The molecule has 0 aliphatic heterocycles. The smallest absolute Gasteiger partial charge is 0.235 e. The van der Waals surface area contributed by atoms with Crippen molar-refractivity contribution in [2.45, 2.75) is 24.8 Å². The van der Waals surface area contributed by atoms with Crippen molar-refractivity contribution in [3.63, 3.8) is 0 Å². The third kappa shape index (κ3) is 4.10. The molecular formula is C13H15N3O2S. The molecule has 0 aliphatic rings. The number of rotatable bonds is 5. The van der Waals surface area contributed by atoms with Crippen LogP contribution in [0.15, 0.2) is 33.6 Å². The molecule has 1 aromatic heterocycles. The number of aryl methyl sites for hydroxylation is 1. The highest BCUT2D eigenvalue weighted by Crippen LogP contribution is 2.15. The minimum atomic E-state index is -0.0623. The summed E-state index contributed by atoms with van der Waals surface area (Å²) in [5.74, 6) is 0.855. The van der Waals surface area contributed by atoms with E-state index in [1.807, 2.05) is 30.5 Å². The number of amides is 1. The molecule has 0 aliphatic carbocycles. The van der Waals surface area contributed by atoms with E-state index in [4.69, 9.17) is 4.42 Å². The number of carbonyl (C=O) groups excluding carboxylic acids is 1. The number of carbonyl (C=O) groups is 1. The van der Waals surface area contributed by atoms with Gasteiger partial charge in [-0.25, -0.2) is 0 Å². The number of hydrogen-bond acceptors (Lipinski definition) is 5. The van der Waals surface area contributed by atoms with Crippen LogP contribution in [0.25, 0.3) is 0 Å². The van der Waals surface area contributed by atoms with Crippen LogP contribution >= 0.6 is 11.8 Å². The number of nitrogens with one attached hydrogen (secondary N) is 1. The molecule has 0 atom stereocenters. The van der Waals surface area contributed by atoms with E-state index in [9.17, 15) is 4.79 Å². The Morgan fingerprint density at radius 2 is 2.05 bits per heavy atom. The van der Waals surface area contributed by atoms with Crippen molar-refractivity contribution in [2.24, 2.45) is 0 Å². The third-order valence-electron chi connectivity index (χ3n) is 2.53. The molecule has 0 spiro atoms. The van der Waals surface area contributed by atoms with E-state index in [1.54, 1.807) is 18.7 Å². The van der Waals surface area contributed by atoms with E-state index in [-0.39, 0.29) is 12.5 Å². The molecule has 1 amide bonds. The van der Waals surface area contributed by atoms with Gasteiger partial charge in [-0.3, -0.25) is 4.79 Å². The van der Waals surface area contributed by atoms with Crippen LogP contribution < -0.4 is 5.32 Å². The summed E-state index contributed by atoms with van der Waals surface area (Å²) in [6, 6.07) is 7.94. The highest BCUT2D eigenvalue weighted by atomic mass is 32.2. The normalized spacial score (nSPS) is 10.4. The Labute approximate surface area is 115 Å². The zero-order valence-corrected chi connectivity index (χ0v) is 11.7. The minimum Gasteiger partial charge on any atom is -0.424 e. The molecule has 100 valence electrons. The Balaban J connectivity index is 1.83. The molecule has 0 fully saturated rings. The van der Waals surface area contributed by atoms with Crippen LogP contribution in [-0.4, -0.2) is 22.4 Å². The average molecular weight is 277 g/mol. The summed E-state index contributed by atoms with van der Waals surface area (Å²) in [4.78, 5) is 12.9. The molecule has 19 heavy (non-hydrogen) atoms. The van der Waals surface area contributed by atoms with Gasteiger partial charge in [0.05, 0.1) is 13.0 Å². The number of benzene rings is 1. The van der Waals surface area contributed by atoms with Crippen molar-refractivity contribution >= 4 is 17.7 Å². The number of aromatic nitrogens is 2. The second kappa shape index (κ2) is 6.38. The molecule has 0 bridgehead atoms. The predicted octanol–water partition coefficient (Wildman–Crippen LogP) is 1.96. The standard InChI is InChI=1S/C13H15N3O2S/c1-9-15-16-13(18-9)8-14-12(17)7-10-3-5-11(19-2)6-4-10/h3-6H,7-8H2,1-2H3,(H,14,17). The number of hydrogen-bond donors (Lipinski definition) is 1. The van der Waals surface area contributed by atoms with Crippen molar-refractivity contribution < 1.29 is 9.21 Å². The SMILES string of the molecule is CSc1ccc(CC(=O)NCc2nnc(C)o2)cc1. The van der Waals surface area contributed by atoms with Gasteiger partial charge in [0, 0.05) is 11.8 Å². The lowest BCUT2D eigenvalue weighted by Crippen LogP contribution is -2.24. The quantitative estimate of drug-likeness (QED) is 0.846. The first-order valence-electron chi connectivity index (χ1n) is 5.86. The van der Waals surface area contributed by atoms with Crippen LogP contribution in [-0.2, 0) is 17.8 Å². The van der Waals surface area contributed by atoms with Crippen molar-refractivity contribution in [1.29, 1.82) is 0 Å². The Morgan fingerprint density at radius 1 is 1.32 bits per heavy atom. The maximum atomic E-state index is 11.7. The van der Waals surface area contributed by atoms with Crippen molar-refractivity contribution in [3.05, 3.63) is 41.6 Å². The van der Waals surface area contributed by atoms with Gasteiger partial charge in [-0.1, -0.05) is 12.1 Å². The second-order valence-electron chi connectivity index (χ2n) is 4.02. The summed E-state index contributed by atoms with van der Waals surface area (Å²) < 4.78 is 5.17. The van der Waals surface area contributed by atoms with Gasteiger partial charge in [0.15, 0.2) is 0 Å². The van der Waals surface area contributed by atoms with Gasteiger partial charge >= 0.3 is 0 Å². The van der Waals surface area contributed by atoms with Crippen molar-refractivity contribution in [2.75, 3.05) is 6.26 Å². The topological polar surface area (TPSA) is 68.0 Å². The largest absolute Gasteiger partial charge is 0.424 e. The van der Waals surface area contributed by atoms with Crippen LogP contribution in [0.1, 0.15) is 17.3 Å². The number of thioether (sulfide) groups is 1. The van der Waals surface area contributed by atoms with E-state index < -0.39 is 0 Å². The average Bonchev–Trinajstić information content (AvgIpc) is 2.83. The van der Waals surface area contributed by atoms with E-state index in [2.05, 4.69) is 15.5 Å². The zero-order chi connectivity index (χ0) is 13.7. The maximum Gasteiger partial charge on any atom is 0.235 e. The lowest BCUT2D eigenvalue weighted by Gasteiger charge is -2.03. The first-order valence-corrected chi connectivity index (χ1v) is 7.08. The molecule has 1 heterocycles. The van der Waals surface area contributed by atoms with E-state index in [0.717, 1.165) is 5.56 Å². The van der Waals surface area contributed by atoms with Gasteiger partial charge in [0.2, 0.25) is 17.7 Å². The van der Waals surface area contributed by atoms with Crippen LogP contribution in [0.4, 0.5) is 0 Å².